The zero-order valence-electron chi connectivity index (χ0n) is 19.7. The van der Waals surface area contributed by atoms with Crippen LogP contribution in [0.3, 0.4) is 0 Å². The molecule has 1 atom stereocenters. The number of likely N-dealkylation sites (tertiary alicyclic amines) is 1. The molecule has 4 rings (SSSR count). The number of rotatable bonds is 8. The van der Waals surface area contributed by atoms with Crippen LogP contribution < -0.4 is 16.0 Å². The van der Waals surface area contributed by atoms with E-state index in [0.29, 0.717) is 57.0 Å². The van der Waals surface area contributed by atoms with E-state index in [2.05, 4.69) is 25.9 Å². The number of pyridine rings is 2. The third-order valence-electron chi connectivity index (χ3n) is 6.23. The number of amides is 1. The lowest BCUT2D eigenvalue weighted by molar-refractivity contribution is -0.137. The van der Waals surface area contributed by atoms with Gasteiger partial charge in [0.15, 0.2) is 0 Å². The van der Waals surface area contributed by atoms with Crippen LogP contribution in [0, 0.1) is 6.92 Å². The van der Waals surface area contributed by atoms with Gasteiger partial charge in [0.2, 0.25) is 5.91 Å². The number of carbonyl (C=O) groups excluding carboxylic acids is 1. The molecule has 3 N–H and O–H groups in total. The zero-order valence-corrected chi connectivity index (χ0v) is 19.7. The quantitative estimate of drug-likeness (QED) is 0.480. The van der Waals surface area contributed by atoms with Crippen molar-refractivity contribution in [2.45, 2.75) is 44.9 Å². The Morgan fingerprint density at radius 3 is 2.89 bits per heavy atom. The predicted molar refractivity (Wildman–Crippen MR) is 127 cm³/mol. The molecule has 2 aromatic rings. The number of anilines is 3. The largest absolute Gasteiger partial charge is 0.419 e. The second kappa shape index (κ2) is 11.2. The molecule has 8 nitrogen and oxygen atoms in total. The first-order valence-electron chi connectivity index (χ1n) is 12.0. The van der Waals surface area contributed by atoms with Crippen LogP contribution in [0.4, 0.5) is 30.4 Å². The maximum Gasteiger partial charge on any atom is 0.419 e. The summed E-state index contributed by atoms with van der Waals surface area (Å²) < 4.78 is 46.8. The third-order valence-corrected chi connectivity index (χ3v) is 6.23. The number of halogens is 3. The van der Waals surface area contributed by atoms with Crippen LogP contribution >= 0.6 is 0 Å². The first kappa shape index (κ1) is 25.2. The number of alkyl halides is 3. The Morgan fingerprint density at radius 1 is 1.29 bits per heavy atom. The van der Waals surface area contributed by atoms with Gasteiger partial charge in [-0.1, -0.05) is 0 Å². The minimum atomic E-state index is -4.55. The van der Waals surface area contributed by atoms with E-state index in [9.17, 15) is 18.0 Å². The van der Waals surface area contributed by atoms with Crippen molar-refractivity contribution < 1.29 is 22.7 Å². The molecule has 0 spiro atoms. The minimum Gasteiger partial charge on any atom is -0.384 e. The summed E-state index contributed by atoms with van der Waals surface area (Å²) in [6, 6.07) is 3.19. The number of nitrogens with zero attached hydrogens (tertiary/aromatic N) is 3. The van der Waals surface area contributed by atoms with Crippen LogP contribution in [0.2, 0.25) is 0 Å². The van der Waals surface area contributed by atoms with Gasteiger partial charge in [-0.3, -0.25) is 9.78 Å². The Bertz CT molecular complexity index is 1030. The number of nitrogens with one attached hydrogen (secondary N) is 3. The number of carbonyl (C=O) groups is 1. The van der Waals surface area contributed by atoms with E-state index in [-0.39, 0.29) is 23.5 Å². The molecule has 2 fully saturated rings. The van der Waals surface area contributed by atoms with Gasteiger partial charge in [0.1, 0.15) is 11.9 Å². The molecule has 0 saturated carbocycles. The van der Waals surface area contributed by atoms with Crippen molar-refractivity contribution in [3.63, 3.8) is 0 Å². The number of piperidine rings is 1. The van der Waals surface area contributed by atoms with Crippen molar-refractivity contribution in [3.05, 3.63) is 41.3 Å². The average molecular weight is 493 g/mol. The highest BCUT2D eigenvalue weighted by atomic mass is 19.4. The highest BCUT2D eigenvalue weighted by Gasteiger charge is 2.34. The third kappa shape index (κ3) is 6.40. The number of hydrogen-bond donors (Lipinski definition) is 3. The molecule has 1 amide bonds. The molecule has 0 bridgehead atoms. The topological polar surface area (TPSA) is 91.4 Å². The summed E-state index contributed by atoms with van der Waals surface area (Å²) in [5, 5.41) is 9.33. The van der Waals surface area contributed by atoms with E-state index in [1.54, 1.807) is 11.1 Å². The molecule has 0 radical (unpaired) electrons. The average Bonchev–Trinajstić information content (AvgIpc) is 2.84. The summed E-state index contributed by atoms with van der Waals surface area (Å²) in [4.78, 5) is 22.2. The first-order valence-corrected chi connectivity index (χ1v) is 12.0. The minimum absolute atomic E-state index is 0.0568. The number of morpholine rings is 1. The van der Waals surface area contributed by atoms with Crippen molar-refractivity contribution in [1.29, 1.82) is 0 Å². The lowest BCUT2D eigenvalue weighted by Crippen LogP contribution is -2.36. The van der Waals surface area contributed by atoms with Crippen LogP contribution in [-0.4, -0.2) is 60.1 Å². The molecule has 2 saturated heterocycles. The van der Waals surface area contributed by atoms with Gasteiger partial charge < -0.3 is 25.6 Å². The Balaban J connectivity index is 1.49. The molecular weight excluding hydrogens is 461 g/mol. The molecule has 2 aromatic heterocycles. The number of hydrogen-bond acceptors (Lipinski definition) is 7. The van der Waals surface area contributed by atoms with Gasteiger partial charge in [-0.25, -0.2) is 4.98 Å². The van der Waals surface area contributed by atoms with Crippen LogP contribution in [0.15, 0.2) is 24.5 Å². The summed E-state index contributed by atoms with van der Waals surface area (Å²) in [7, 11) is 0. The van der Waals surface area contributed by atoms with Crippen LogP contribution in [-0.2, 0) is 15.7 Å². The zero-order chi connectivity index (χ0) is 24.8. The van der Waals surface area contributed by atoms with E-state index in [1.807, 2.05) is 13.0 Å². The van der Waals surface area contributed by atoms with Crippen molar-refractivity contribution >= 4 is 23.1 Å². The van der Waals surface area contributed by atoms with Crippen LogP contribution in [0.5, 0.6) is 0 Å². The molecule has 4 heterocycles. The van der Waals surface area contributed by atoms with E-state index in [4.69, 9.17) is 4.74 Å². The van der Waals surface area contributed by atoms with Gasteiger partial charge in [0, 0.05) is 57.6 Å². The fourth-order valence-electron chi connectivity index (χ4n) is 4.34. The monoisotopic (exact) mass is 492 g/mol. The van der Waals surface area contributed by atoms with Gasteiger partial charge in [-0.05, 0) is 37.8 Å². The Labute approximate surface area is 202 Å². The Morgan fingerprint density at radius 2 is 2.14 bits per heavy atom. The number of aryl methyl sites for hydroxylation is 1. The first-order chi connectivity index (χ1) is 16.8. The summed E-state index contributed by atoms with van der Waals surface area (Å²) in [5.41, 5.74) is 1.34. The summed E-state index contributed by atoms with van der Waals surface area (Å²) >= 11 is 0. The van der Waals surface area contributed by atoms with Crippen molar-refractivity contribution in [3.8, 4) is 0 Å². The molecule has 190 valence electrons. The number of ether oxygens (including phenoxy) is 1. The van der Waals surface area contributed by atoms with Crippen molar-refractivity contribution in [2.75, 3.05) is 50.0 Å². The normalized spacial score (nSPS) is 19.0. The lowest BCUT2D eigenvalue weighted by atomic mass is 10.1. The van der Waals surface area contributed by atoms with E-state index < -0.39 is 11.7 Å². The molecule has 11 heteroatoms. The van der Waals surface area contributed by atoms with Gasteiger partial charge in [0.25, 0.3) is 0 Å². The summed E-state index contributed by atoms with van der Waals surface area (Å²) in [6.07, 6.45) is 0.667. The molecule has 1 unspecified atom stereocenters. The molecular formula is C24H31F3N6O2. The molecule has 2 aliphatic rings. The van der Waals surface area contributed by atoms with Crippen LogP contribution in [0.25, 0.3) is 0 Å². The highest BCUT2D eigenvalue weighted by Crippen LogP contribution is 2.37. The van der Waals surface area contributed by atoms with Gasteiger partial charge in [0.05, 0.1) is 29.2 Å². The van der Waals surface area contributed by atoms with Crippen molar-refractivity contribution in [2.24, 2.45) is 0 Å². The number of aromatic nitrogens is 2. The SMILES string of the molecule is Cc1ccnc(C2CNCCO2)c1Nc1cc(NCCCN2CCCCC2=O)c(C(F)(F)F)cn1. The molecule has 0 aliphatic carbocycles. The molecule has 2 aliphatic heterocycles. The molecule has 0 aromatic carbocycles. The van der Waals surface area contributed by atoms with E-state index in [1.165, 1.54) is 6.07 Å². The van der Waals surface area contributed by atoms with E-state index in [0.717, 1.165) is 31.1 Å². The maximum atomic E-state index is 13.6. The van der Waals surface area contributed by atoms with Gasteiger partial charge >= 0.3 is 6.18 Å². The highest BCUT2D eigenvalue weighted by molar-refractivity contribution is 5.76. The Kier molecular flexibility index (Phi) is 8.07. The second-order valence-corrected chi connectivity index (χ2v) is 8.81. The summed E-state index contributed by atoms with van der Waals surface area (Å²) in [5.74, 6) is 0.384. The Hall–Kier alpha value is -2.92. The van der Waals surface area contributed by atoms with Crippen molar-refractivity contribution in [1.82, 2.24) is 20.2 Å². The van der Waals surface area contributed by atoms with Crippen LogP contribution in [0.1, 0.15) is 48.6 Å². The van der Waals surface area contributed by atoms with Gasteiger partial charge in [-0.15, -0.1) is 0 Å². The lowest BCUT2D eigenvalue weighted by Gasteiger charge is -2.27. The smallest absolute Gasteiger partial charge is 0.384 e. The fraction of sp³-hybridized carbons (Fsp3) is 0.542. The summed E-state index contributed by atoms with van der Waals surface area (Å²) in [6.45, 7) is 5.34. The predicted octanol–water partition coefficient (Wildman–Crippen LogP) is 4.02. The van der Waals surface area contributed by atoms with E-state index >= 15 is 0 Å². The fourth-order valence-corrected chi connectivity index (χ4v) is 4.34. The molecule has 35 heavy (non-hydrogen) atoms. The standard InChI is InChI=1S/C24H31F3N6O2/c1-16-6-8-30-23(19-15-28-9-12-35-19)22(16)32-20-13-18(17(14-31-20)24(25,26)27)29-7-4-11-33-10-3-2-5-21(33)34/h6,8,13-14,19,28H,2-5,7,9-12,15H2,1H3,(H2,29,31,32). The maximum absolute atomic E-state index is 13.6. The second-order valence-electron chi connectivity index (χ2n) is 8.81. The van der Waals surface area contributed by atoms with Gasteiger partial charge in [-0.2, -0.15) is 13.2 Å².